The van der Waals surface area contributed by atoms with Gasteiger partial charge in [0.1, 0.15) is 10.8 Å². The average molecular weight is 473 g/mol. The summed E-state index contributed by atoms with van der Waals surface area (Å²) in [6.07, 6.45) is 0.654. The average Bonchev–Trinajstić information content (AvgIpc) is 3.37. The van der Waals surface area contributed by atoms with Gasteiger partial charge in [-0.2, -0.15) is 0 Å². The highest BCUT2D eigenvalue weighted by atomic mass is 32.1. The van der Waals surface area contributed by atoms with Crippen LogP contribution < -0.4 is 10.1 Å². The van der Waals surface area contributed by atoms with E-state index in [0.717, 1.165) is 47.3 Å². The van der Waals surface area contributed by atoms with Crippen LogP contribution in [0.4, 0.5) is 5.13 Å². The smallest absolute Gasteiger partial charge is 0.232 e. The van der Waals surface area contributed by atoms with Crippen LogP contribution in [0.1, 0.15) is 32.2 Å². The van der Waals surface area contributed by atoms with Gasteiger partial charge in [0, 0.05) is 30.4 Å². The van der Waals surface area contributed by atoms with Crippen molar-refractivity contribution in [3.8, 4) is 16.3 Å². The fourth-order valence-corrected chi connectivity index (χ4v) is 5.41. The first-order valence-electron chi connectivity index (χ1n) is 10.8. The van der Waals surface area contributed by atoms with Gasteiger partial charge in [0.25, 0.3) is 0 Å². The van der Waals surface area contributed by atoms with Crippen LogP contribution in [0.15, 0.2) is 35.0 Å². The van der Waals surface area contributed by atoms with Crippen LogP contribution in [0.2, 0.25) is 0 Å². The summed E-state index contributed by atoms with van der Waals surface area (Å²) >= 11 is 2.97. The van der Waals surface area contributed by atoms with Crippen molar-refractivity contribution in [3.05, 3.63) is 46.4 Å². The van der Waals surface area contributed by atoms with Crippen LogP contribution in [-0.2, 0) is 22.5 Å². The first kappa shape index (κ1) is 22.8. The molecule has 0 saturated carbocycles. The molecule has 0 aliphatic carbocycles. The molecule has 1 N–H and O–H groups in total. The number of nitrogens with zero attached hydrogens (tertiary/aromatic N) is 3. The third-order valence-corrected chi connectivity index (χ3v) is 6.72. The standard InChI is InChI=1S/C23H28N4O3S2/c1-4-29-20-8-6-5-7-19(20)22-24-17(13-31-22)9-21(28)26-23-25-18(14-32-23)12-27-10-15(2)30-16(3)11-27/h5-8,13-16H,4,9-12H2,1-3H3,(H,25,26,28)/t15-,16-/m1/s1. The van der Waals surface area contributed by atoms with Gasteiger partial charge in [0.2, 0.25) is 5.91 Å². The second-order valence-corrected chi connectivity index (χ2v) is 9.61. The van der Waals surface area contributed by atoms with Crippen LogP contribution in [-0.4, -0.2) is 52.7 Å². The number of carbonyl (C=O) groups excluding carboxylic acids is 1. The highest BCUT2D eigenvalue weighted by molar-refractivity contribution is 7.14. The number of aromatic nitrogens is 2. The number of hydrogen-bond donors (Lipinski definition) is 1. The van der Waals surface area contributed by atoms with Crippen molar-refractivity contribution in [2.75, 3.05) is 25.0 Å². The lowest BCUT2D eigenvalue weighted by Crippen LogP contribution is -2.44. The number of rotatable bonds is 8. The molecule has 170 valence electrons. The first-order valence-corrected chi connectivity index (χ1v) is 12.5. The maximum absolute atomic E-state index is 12.6. The maximum Gasteiger partial charge on any atom is 0.232 e. The largest absolute Gasteiger partial charge is 0.493 e. The molecular formula is C23H28N4O3S2. The van der Waals surface area contributed by atoms with Crippen LogP contribution >= 0.6 is 22.7 Å². The summed E-state index contributed by atoms with van der Waals surface area (Å²) in [5.41, 5.74) is 2.65. The molecule has 0 spiro atoms. The van der Waals surface area contributed by atoms with Gasteiger partial charge in [0.15, 0.2) is 5.13 Å². The van der Waals surface area contributed by atoms with Crippen LogP contribution in [0, 0.1) is 0 Å². The van der Waals surface area contributed by atoms with Gasteiger partial charge in [-0.25, -0.2) is 9.97 Å². The molecule has 0 unspecified atom stereocenters. The molecular weight excluding hydrogens is 444 g/mol. The minimum Gasteiger partial charge on any atom is -0.493 e. The molecule has 7 nitrogen and oxygen atoms in total. The number of thiazole rings is 2. The Labute approximate surface area is 196 Å². The van der Waals surface area contributed by atoms with Crippen molar-refractivity contribution in [1.82, 2.24) is 14.9 Å². The van der Waals surface area contributed by atoms with Gasteiger partial charge < -0.3 is 14.8 Å². The fraction of sp³-hybridized carbons (Fsp3) is 0.435. The zero-order chi connectivity index (χ0) is 22.5. The minimum absolute atomic E-state index is 0.116. The number of ether oxygens (including phenoxy) is 2. The lowest BCUT2D eigenvalue weighted by atomic mass is 10.2. The Balaban J connectivity index is 1.33. The topological polar surface area (TPSA) is 76.6 Å². The molecule has 4 rings (SSSR count). The van der Waals surface area contributed by atoms with E-state index in [-0.39, 0.29) is 24.5 Å². The molecule has 1 aliphatic rings. The third-order valence-electron chi connectivity index (χ3n) is 4.99. The van der Waals surface area contributed by atoms with Gasteiger partial charge >= 0.3 is 0 Å². The molecule has 9 heteroatoms. The molecule has 1 aliphatic heterocycles. The van der Waals surface area contributed by atoms with Crippen molar-refractivity contribution in [3.63, 3.8) is 0 Å². The quantitative estimate of drug-likeness (QED) is 0.522. The lowest BCUT2D eigenvalue weighted by Gasteiger charge is -2.34. The van der Waals surface area contributed by atoms with E-state index in [4.69, 9.17) is 9.47 Å². The normalized spacial score (nSPS) is 19.1. The van der Waals surface area contributed by atoms with E-state index in [0.29, 0.717) is 11.7 Å². The maximum atomic E-state index is 12.6. The monoisotopic (exact) mass is 472 g/mol. The van der Waals surface area contributed by atoms with E-state index in [2.05, 4.69) is 34.0 Å². The Bertz CT molecular complexity index is 1040. The van der Waals surface area contributed by atoms with E-state index < -0.39 is 0 Å². The van der Waals surface area contributed by atoms with Crippen LogP contribution in [0.3, 0.4) is 0 Å². The molecule has 1 aromatic carbocycles. The number of carbonyl (C=O) groups is 1. The molecule has 3 aromatic rings. The predicted octanol–water partition coefficient (Wildman–Crippen LogP) is 4.46. The number of nitrogens with one attached hydrogen (secondary N) is 1. The Morgan fingerprint density at radius 1 is 1.16 bits per heavy atom. The number of amides is 1. The van der Waals surface area contributed by atoms with Crippen LogP contribution in [0.25, 0.3) is 10.6 Å². The van der Waals surface area contributed by atoms with E-state index >= 15 is 0 Å². The Hall–Kier alpha value is -2.33. The lowest BCUT2D eigenvalue weighted by molar-refractivity contribution is -0.115. The van der Waals surface area contributed by atoms with E-state index in [1.54, 1.807) is 0 Å². The minimum atomic E-state index is -0.116. The summed E-state index contributed by atoms with van der Waals surface area (Å²) in [6.45, 7) is 9.28. The fourth-order valence-electron chi connectivity index (χ4n) is 3.84. The number of hydrogen-bond acceptors (Lipinski definition) is 8. The Kier molecular flexibility index (Phi) is 7.51. The molecule has 1 amide bonds. The summed E-state index contributed by atoms with van der Waals surface area (Å²) in [5, 5.41) is 8.31. The zero-order valence-electron chi connectivity index (χ0n) is 18.5. The summed E-state index contributed by atoms with van der Waals surface area (Å²) in [5.74, 6) is 0.689. The molecule has 3 heterocycles. The molecule has 32 heavy (non-hydrogen) atoms. The number of anilines is 1. The van der Waals surface area contributed by atoms with Gasteiger partial charge in [-0.15, -0.1) is 22.7 Å². The van der Waals surface area contributed by atoms with Gasteiger partial charge in [0.05, 0.1) is 42.2 Å². The highest BCUT2D eigenvalue weighted by Crippen LogP contribution is 2.32. The first-order chi connectivity index (χ1) is 15.5. The Morgan fingerprint density at radius 2 is 1.91 bits per heavy atom. The second kappa shape index (κ2) is 10.5. The highest BCUT2D eigenvalue weighted by Gasteiger charge is 2.23. The van der Waals surface area contributed by atoms with Crippen molar-refractivity contribution >= 4 is 33.7 Å². The van der Waals surface area contributed by atoms with Gasteiger partial charge in [-0.3, -0.25) is 9.69 Å². The second-order valence-electron chi connectivity index (χ2n) is 7.89. The van der Waals surface area contributed by atoms with Crippen molar-refractivity contribution in [2.45, 2.75) is 45.9 Å². The molecule has 2 atom stereocenters. The molecule has 0 radical (unpaired) electrons. The number of para-hydroxylation sites is 1. The van der Waals surface area contributed by atoms with Crippen LogP contribution in [0.5, 0.6) is 5.75 Å². The summed E-state index contributed by atoms with van der Waals surface area (Å²) in [6, 6.07) is 7.83. The Morgan fingerprint density at radius 3 is 2.69 bits per heavy atom. The summed E-state index contributed by atoms with van der Waals surface area (Å²) in [4.78, 5) is 24.1. The predicted molar refractivity (Wildman–Crippen MR) is 128 cm³/mol. The van der Waals surface area contributed by atoms with E-state index in [9.17, 15) is 4.79 Å². The molecule has 2 aromatic heterocycles. The van der Waals surface area contributed by atoms with Crippen molar-refractivity contribution in [1.29, 1.82) is 0 Å². The summed E-state index contributed by atoms with van der Waals surface area (Å²) in [7, 11) is 0. The van der Waals surface area contributed by atoms with E-state index in [1.165, 1.54) is 22.7 Å². The van der Waals surface area contributed by atoms with E-state index in [1.807, 2.05) is 41.9 Å². The van der Waals surface area contributed by atoms with Crippen molar-refractivity contribution < 1.29 is 14.3 Å². The van der Waals surface area contributed by atoms with Crippen molar-refractivity contribution in [2.24, 2.45) is 0 Å². The zero-order valence-corrected chi connectivity index (χ0v) is 20.2. The SMILES string of the molecule is CCOc1ccccc1-c1nc(CC(=O)Nc2nc(CN3C[C@@H](C)O[C@H](C)C3)cs2)cs1. The third kappa shape index (κ3) is 5.92. The van der Waals surface area contributed by atoms with Gasteiger partial charge in [-0.05, 0) is 32.9 Å². The molecule has 1 fully saturated rings. The molecule has 1 saturated heterocycles. The summed E-state index contributed by atoms with van der Waals surface area (Å²) < 4.78 is 11.5. The number of benzene rings is 1. The van der Waals surface area contributed by atoms with Gasteiger partial charge in [-0.1, -0.05) is 12.1 Å². The molecule has 0 bridgehead atoms. The number of morpholine rings is 1.